The first kappa shape index (κ1) is 16.7. The molecule has 2 aliphatic rings. The van der Waals surface area contributed by atoms with E-state index in [-0.39, 0.29) is 6.10 Å². The molecule has 4 nitrogen and oxygen atoms in total. The molecule has 1 aromatic heterocycles. The van der Waals surface area contributed by atoms with Crippen LogP contribution in [-0.2, 0) is 4.74 Å². The van der Waals surface area contributed by atoms with Crippen LogP contribution in [0.15, 0.2) is 23.6 Å². The van der Waals surface area contributed by atoms with Gasteiger partial charge in [-0.2, -0.15) is 0 Å². The molecule has 1 aliphatic carbocycles. The summed E-state index contributed by atoms with van der Waals surface area (Å²) < 4.78 is 23.1. The van der Waals surface area contributed by atoms with Crippen molar-refractivity contribution in [2.24, 2.45) is 0 Å². The molecule has 0 bridgehead atoms. The van der Waals surface area contributed by atoms with Crippen LogP contribution in [0, 0.1) is 0 Å². The lowest BCUT2D eigenvalue weighted by Gasteiger charge is -2.39. The van der Waals surface area contributed by atoms with Gasteiger partial charge in [-0.25, -0.2) is 0 Å². The first-order chi connectivity index (χ1) is 12.3. The molecule has 1 aromatic carbocycles. The van der Waals surface area contributed by atoms with E-state index < -0.39 is 0 Å². The Kier molecular flexibility index (Phi) is 4.61. The summed E-state index contributed by atoms with van der Waals surface area (Å²) >= 11 is 1.87. The number of ether oxygens (including phenoxy) is 4. The van der Waals surface area contributed by atoms with Crippen molar-refractivity contribution in [2.45, 2.75) is 43.8 Å². The van der Waals surface area contributed by atoms with Gasteiger partial charge in [-0.05, 0) is 47.5 Å². The summed E-state index contributed by atoms with van der Waals surface area (Å²) in [6.07, 6.45) is 5.17. The first-order valence-electron chi connectivity index (χ1n) is 8.79. The quantitative estimate of drug-likeness (QED) is 0.775. The summed E-state index contributed by atoms with van der Waals surface area (Å²) in [5, 5.41) is 2.19. The van der Waals surface area contributed by atoms with Gasteiger partial charge in [0.15, 0.2) is 11.5 Å². The summed E-state index contributed by atoms with van der Waals surface area (Å²) in [6.45, 7) is 0. The van der Waals surface area contributed by atoms with Crippen LogP contribution in [0.3, 0.4) is 0 Å². The number of thiophene rings is 1. The van der Waals surface area contributed by atoms with E-state index in [1.165, 1.54) is 29.7 Å². The standard InChI is InChI=1S/C20H24O4S/c1-21-16-10-12(11-17(22-2)19(16)23-3)18-14-8-9-25-20(14)13-6-4-5-7-15(13)24-18/h8-11,13,15,18H,4-7H2,1-3H3/t13-,15-,18-/m0/s1. The van der Waals surface area contributed by atoms with E-state index in [4.69, 9.17) is 18.9 Å². The van der Waals surface area contributed by atoms with Crippen LogP contribution in [0.4, 0.5) is 0 Å². The molecule has 0 radical (unpaired) electrons. The average Bonchev–Trinajstić information content (AvgIpc) is 3.16. The maximum atomic E-state index is 6.59. The molecule has 25 heavy (non-hydrogen) atoms. The Morgan fingerprint density at radius 3 is 2.40 bits per heavy atom. The fourth-order valence-corrected chi connectivity index (χ4v) is 5.28. The zero-order valence-electron chi connectivity index (χ0n) is 14.9. The van der Waals surface area contributed by atoms with Gasteiger partial charge < -0.3 is 18.9 Å². The Hall–Kier alpha value is -1.72. The second-order valence-electron chi connectivity index (χ2n) is 6.64. The summed E-state index contributed by atoms with van der Waals surface area (Å²) in [5.41, 5.74) is 2.35. The predicted molar refractivity (Wildman–Crippen MR) is 98.3 cm³/mol. The Bertz CT molecular complexity index is 729. The van der Waals surface area contributed by atoms with Gasteiger partial charge in [-0.3, -0.25) is 0 Å². The number of benzene rings is 1. The van der Waals surface area contributed by atoms with Crippen LogP contribution in [-0.4, -0.2) is 27.4 Å². The Morgan fingerprint density at radius 1 is 1.00 bits per heavy atom. The monoisotopic (exact) mass is 360 g/mol. The Morgan fingerprint density at radius 2 is 1.72 bits per heavy atom. The lowest BCUT2D eigenvalue weighted by Crippen LogP contribution is -2.32. The topological polar surface area (TPSA) is 36.9 Å². The number of rotatable bonds is 4. The molecule has 3 atom stereocenters. The van der Waals surface area contributed by atoms with E-state index in [9.17, 15) is 0 Å². The van der Waals surface area contributed by atoms with Gasteiger partial charge in [0.05, 0.1) is 27.4 Å². The third kappa shape index (κ3) is 2.79. The van der Waals surface area contributed by atoms with E-state index in [2.05, 4.69) is 11.4 Å². The van der Waals surface area contributed by atoms with E-state index >= 15 is 0 Å². The highest BCUT2D eigenvalue weighted by atomic mass is 32.1. The largest absolute Gasteiger partial charge is 0.493 e. The van der Waals surface area contributed by atoms with Crippen LogP contribution < -0.4 is 14.2 Å². The van der Waals surface area contributed by atoms with Crippen LogP contribution in [0.5, 0.6) is 17.2 Å². The maximum absolute atomic E-state index is 6.59. The third-order valence-electron chi connectivity index (χ3n) is 5.35. The molecule has 5 heteroatoms. The third-order valence-corrected chi connectivity index (χ3v) is 6.41. The van der Waals surface area contributed by atoms with Crippen molar-refractivity contribution >= 4 is 11.3 Å². The molecule has 2 heterocycles. The summed E-state index contributed by atoms with van der Waals surface area (Å²) in [6, 6.07) is 6.23. The molecule has 1 aliphatic heterocycles. The van der Waals surface area contributed by atoms with Crippen LogP contribution in [0.25, 0.3) is 0 Å². The number of methoxy groups -OCH3 is 3. The average molecular weight is 360 g/mol. The Labute approximate surface area is 152 Å². The van der Waals surface area contributed by atoms with Crippen molar-refractivity contribution in [3.63, 3.8) is 0 Å². The fourth-order valence-electron chi connectivity index (χ4n) is 4.17. The highest BCUT2D eigenvalue weighted by molar-refractivity contribution is 7.10. The minimum Gasteiger partial charge on any atom is -0.493 e. The molecule has 0 unspecified atom stereocenters. The Balaban J connectivity index is 1.79. The lowest BCUT2D eigenvalue weighted by molar-refractivity contribution is -0.0375. The van der Waals surface area contributed by atoms with Crippen LogP contribution >= 0.6 is 11.3 Å². The highest BCUT2D eigenvalue weighted by Gasteiger charge is 2.39. The van der Waals surface area contributed by atoms with E-state index in [0.717, 1.165) is 12.0 Å². The van der Waals surface area contributed by atoms with Crippen molar-refractivity contribution in [2.75, 3.05) is 21.3 Å². The predicted octanol–water partition coefficient (Wildman–Crippen LogP) is 4.92. The van der Waals surface area contributed by atoms with Crippen molar-refractivity contribution < 1.29 is 18.9 Å². The number of hydrogen-bond donors (Lipinski definition) is 0. The smallest absolute Gasteiger partial charge is 0.203 e. The van der Waals surface area contributed by atoms with E-state index in [0.29, 0.717) is 29.3 Å². The molecule has 0 N–H and O–H groups in total. The SMILES string of the molecule is COc1cc([C@@H]2O[C@H]3CCCC[C@@H]3c3sccc32)cc(OC)c1OC. The molecule has 134 valence electrons. The normalized spacial score (nSPS) is 25.0. The molecular weight excluding hydrogens is 336 g/mol. The van der Waals surface area contributed by atoms with E-state index in [1.807, 2.05) is 23.5 Å². The van der Waals surface area contributed by atoms with Gasteiger partial charge in [0.25, 0.3) is 0 Å². The van der Waals surface area contributed by atoms with Crippen LogP contribution in [0.2, 0.25) is 0 Å². The summed E-state index contributed by atoms with van der Waals surface area (Å²) in [5.74, 6) is 2.51. The van der Waals surface area contributed by atoms with Crippen LogP contribution in [0.1, 0.15) is 53.7 Å². The molecule has 0 spiro atoms. The van der Waals surface area contributed by atoms with Gasteiger partial charge in [0.1, 0.15) is 6.10 Å². The molecule has 2 aromatic rings. The van der Waals surface area contributed by atoms with Gasteiger partial charge in [0, 0.05) is 10.8 Å². The molecule has 0 amide bonds. The molecule has 1 fully saturated rings. The second-order valence-corrected chi connectivity index (χ2v) is 7.59. The van der Waals surface area contributed by atoms with E-state index in [1.54, 1.807) is 21.3 Å². The minimum absolute atomic E-state index is 0.0747. The highest BCUT2D eigenvalue weighted by Crippen LogP contribution is 2.50. The second kappa shape index (κ2) is 6.89. The molecule has 4 rings (SSSR count). The molecule has 0 saturated heterocycles. The van der Waals surface area contributed by atoms with Gasteiger partial charge >= 0.3 is 0 Å². The number of hydrogen-bond acceptors (Lipinski definition) is 5. The van der Waals surface area contributed by atoms with Crippen molar-refractivity contribution in [1.82, 2.24) is 0 Å². The lowest BCUT2D eigenvalue weighted by atomic mass is 9.80. The van der Waals surface area contributed by atoms with Crippen molar-refractivity contribution in [3.8, 4) is 17.2 Å². The number of fused-ring (bicyclic) bond motifs is 3. The van der Waals surface area contributed by atoms with Gasteiger partial charge in [-0.1, -0.05) is 12.8 Å². The van der Waals surface area contributed by atoms with Crippen molar-refractivity contribution in [3.05, 3.63) is 39.6 Å². The molecular formula is C20H24O4S. The summed E-state index contributed by atoms with van der Waals surface area (Å²) in [4.78, 5) is 1.50. The first-order valence-corrected chi connectivity index (χ1v) is 9.67. The maximum Gasteiger partial charge on any atom is 0.203 e. The molecule has 1 saturated carbocycles. The van der Waals surface area contributed by atoms with Gasteiger partial charge in [0.2, 0.25) is 5.75 Å². The fraction of sp³-hybridized carbons (Fsp3) is 0.500. The van der Waals surface area contributed by atoms with Gasteiger partial charge in [-0.15, -0.1) is 11.3 Å². The zero-order chi connectivity index (χ0) is 17.4. The van der Waals surface area contributed by atoms with Crippen molar-refractivity contribution in [1.29, 1.82) is 0 Å². The minimum atomic E-state index is -0.0747. The summed E-state index contributed by atoms with van der Waals surface area (Å²) in [7, 11) is 4.92. The zero-order valence-corrected chi connectivity index (χ0v) is 15.7.